The van der Waals surface area contributed by atoms with Crippen molar-refractivity contribution in [3.05, 3.63) is 0 Å². The zero-order valence-electron chi connectivity index (χ0n) is 13.2. The Morgan fingerprint density at radius 2 is 2.00 bits per heavy atom. The van der Waals surface area contributed by atoms with Crippen molar-refractivity contribution in [2.45, 2.75) is 57.5 Å². The predicted molar refractivity (Wildman–Crippen MR) is 82.1 cm³/mol. The highest BCUT2D eigenvalue weighted by atomic mass is 16.2. The third kappa shape index (κ3) is 3.74. The summed E-state index contributed by atoms with van der Waals surface area (Å²) in [5, 5.41) is 8.53. The Morgan fingerprint density at radius 1 is 1.29 bits per heavy atom. The van der Waals surface area contributed by atoms with E-state index in [1.54, 1.807) is 0 Å². The van der Waals surface area contributed by atoms with Crippen molar-refractivity contribution in [2.75, 3.05) is 26.2 Å². The number of rotatable bonds is 3. The van der Waals surface area contributed by atoms with E-state index in [4.69, 9.17) is 0 Å². The van der Waals surface area contributed by atoms with Crippen LogP contribution < -0.4 is 16.0 Å². The van der Waals surface area contributed by atoms with Gasteiger partial charge in [0.1, 0.15) is 0 Å². The molecule has 1 heterocycles. The van der Waals surface area contributed by atoms with Crippen LogP contribution in [-0.2, 0) is 4.79 Å². The van der Waals surface area contributed by atoms with Gasteiger partial charge >= 0.3 is 6.03 Å². The van der Waals surface area contributed by atoms with Gasteiger partial charge in [-0.15, -0.1) is 0 Å². The number of amides is 3. The van der Waals surface area contributed by atoms with Crippen LogP contribution >= 0.6 is 0 Å². The molecule has 120 valence electrons. The summed E-state index contributed by atoms with van der Waals surface area (Å²) in [6, 6.07) is -0.671. The summed E-state index contributed by atoms with van der Waals surface area (Å²) in [7, 11) is 0. The number of carbonyl (C=O) groups excluding carboxylic acids is 2. The van der Waals surface area contributed by atoms with Crippen molar-refractivity contribution in [2.24, 2.45) is 0 Å². The van der Waals surface area contributed by atoms with Crippen molar-refractivity contribution in [1.29, 1.82) is 0 Å². The molecule has 0 bridgehead atoms. The summed E-state index contributed by atoms with van der Waals surface area (Å²) >= 11 is 0. The van der Waals surface area contributed by atoms with Crippen LogP contribution in [0.1, 0.15) is 46.0 Å². The van der Waals surface area contributed by atoms with Crippen LogP contribution in [0.15, 0.2) is 0 Å². The number of imide groups is 1. The average Bonchev–Trinajstić information content (AvgIpc) is 2.48. The molecule has 3 N–H and O–H groups in total. The zero-order valence-corrected chi connectivity index (χ0v) is 13.2. The van der Waals surface area contributed by atoms with E-state index < -0.39 is 6.03 Å². The third-order valence-electron chi connectivity index (χ3n) is 4.80. The fourth-order valence-corrected chi connectivity index (χ4v) is 3.70. The van der Waals surface area contributed by atoms with E-state index in [2.05, 4.69) is 20.9 Å². The first-order valence-corrected chi connectivity index (χ1v) is 8.15. The fourth-order valence-electron chi connectivity index (χ4n) is 3.70. The van der Waals surface area contributed by atoms with E-state index in [1.165, 1.54) is 19.3 Å². The molecule has 0 aromatic rings. The smallest absolute Gasteiger partial charge is 0.321 e. The van der Waals surface area contributed by atoms with Crippen LogP contribution in [0.25, 0.3) is 0 Å². The van der Waals surface area contributed by atoms with Crippen molar-refractivity contribution in [1.82, 2.24) is 20.9 Å². The lowest BCUT2D eigenvalue weighted by molar-refractivity contribution is -0.129. The highest BCUT2D eigenvalue weighted by Gasteiger charge is 2.43. The molecule has 2 rings (SSSR count). The first-order chi connectivity index (χ1) is 10.1. The quantitative estimate of drug-likeness (QED) is 0.721. The van der Waals surface area contributed by atoms with Gasteiger partial charge in [0.05, 0.1) is 6.04 Å². The number of nitrogens with zero attached hydrogens (tertiary/aromatic N) is 1. The molecular formula is C15H28N4O2. The molecular weight excluding hydrogens is 268 g/mol. The van der Waals surface area contributed by atoms with Gasteiger partial charge in [-0.3, -0.25) is 15.0 Å². The molecule has 6 nitrogen and oxygen atoms in total. The Hall–Kier alpha value is -1.14. The maximum Gasteiger partial charge on any atom is 0.321 e. The largest absolute Gasteiger partial charge is 0.338 e. The number of nitrogens with one attached hydrogen (secondary N) is 3. The highest BCUT2D eigenvalue weighted by Crippen LogP contribution is 2.35. The normalized spacial score (nSPS) is 23.5. The van der Waals surface area contributed by atoms with Gasteiger partial charge in [0.25, 0.3) is 0 Å². The van der Waals surface area contributed by atoms with E-state index in [-0.39, 0.29) is 17.5 Å². The van der Waals surface area contributed by atoms with Gasteiger partial charge in [-0.2, -0.15) is 0 Å². The fraction of sp³-hybridized carbons (Fsp3) is 0.867. The number of piperazine rings is 1. The molecule has 2 aliphatic rings. The molecule has 21 heavy (non-hydrogen) atoms. The van der Waals surface area contributed by atoms with Crippen molar-refractivity contribution < 1.29 is 9.59 Å². The second kappa shape index (κ2) is 7.22. The number of hydrogen-bond acceptors (Lipinski definition) is 4. The second-order valence-corrected chi connectivity index (χ2v) is 6.18. The summed E-state index contributed by atoms with van der Waals surface area (Å²) in [6.45, 7) is 6.98. The molecule has 0 radical (unpaired) electrons. The monoisotopic (exact) mass is 296 g/mol. The summed E-state index contributed by atoms with van der Waals surface area (Å²) in [4.78, 5) is 26.2. The molecule has 1 atom stereocenters. The SMILES string of the molecule is CCNC(=O)NC(=O)C(C)N1CCNCC12CCCCC2. The van der Waals surface area contributed by atoms with E-state index in [9.17, 15) is 9.59 Å². The van der Waals surface area contributed by atoms with Gasteiger partial charge < -0.3 is 10.6 Å². The molecule has 3 amide bonds. The minimum absolute atomic E-state index is 0.0918. The molecule has 1 spiro atoms. The van der Waals surface area contributed by atoms with Crippen LogP contribution in [0.5, 0.6) is 0 Å². The van der Waals surface area contributed by atoms with Crippen LogP contribution in [0.3, 0.4) is 0 Å². The number of carbonyl (C=O) groups is 2. The minimum atomic E-state index is -0.401. The predicted octanol–water partition coefficient (Wildman–Crippen LogP) is 0.829. The molecule has 0 aromatic heterocycles. The topological polar surface area (TPSA) is 73.5 Å². The van der Waals surface area contributed by atoms with Crippen molar-refractivity contribution >= 4 is 11.9 Å². The van der Waals surface area contributed by atoms with Gasteiger partial charge in [-0.25, -0.2) is 4.79 Å². The summed E-state index contributed by atoms with van der Waals surface area (Å²) in [5.74, 6) is -0.201. The number of urea groups is 1. The lowest BCUT2D eigenvalue weighted by Crippen LogP contribution is -2.66. The molecule has 6 heteroatoms. The molecule has 1 saturated carbocycles. The van der Waals surface area contributed by atoms with Gasteiger partial charge in [-0.05, 0) is 26.7 Å². The molecule has 1 aliphatic heterocycles. The van der Waals surface area contributed by atoms with E-state index in [0.717, 1.165) is 32.5 Å². The summed E-state index contributed by atoms with van der Waals surface area (Å²) in [6.07, 6.45) is 6.01. The summed E-state index contributed by atoms with van der Waals surface area (Å²) < 4.78 is 0. The van der Waals surface area contributed by atoms with Gasteiger partial charge in [-0.1, -0.05) is 19.3 Å². The summed E-state index contributed by atoms with van der Waals surface area (Å²) in [5.41, 5.74) is 0.0918. The Labute approximate surface area is 127 Å². The minimum Gasteiger partial charge on any atom is -0.338 e. The zero-order chi connectivity index (χ0) is 15.3. The van der Waals surface area contributed by atoms with Gasteiger partial charge in [0.2, 0.25) is 5.91 Å². The van der Waals surface area contributed by atoms with Crippen LogP contribution in [0.2, 0.25) is 0 Å². The van der Waals surface area contributed by atoms with Crippen molar-refractivity contribution in [3.63, 3.8) is 0 Å². The highest BCUT2D eigenvalue weighted by molar-refractivity contribution is 5.96. The van der Waals surface area contributed by atoms with Crippen LogP contribution in [-0.4, -0.2) is 54.6 Å². The van der Waals surface area contributed by atoms with E-state index in [1.807, 2.05) is 13.8 Å². The Balaban J connectivity index is 2.02. The maximum atomic E-state index is 12.3. The first kappa shape index (κ1) is 16.2. The lowest BCUT2D eigenvalue weighted by atomic mass is 9.78. The average molecular weight is 296 g/mol. The van der Waals surface area contributed by atoms with E-state index >= 15 is 0 Å². The Morgan fingerprint density at radius 3 is 2.67 bits per heavy atom. The third-order valence-corrected chi connectivity index (χ3v) is 4.80. The standard InChI is InChI=1S/C15H28N4O2/c1-3-17-14(21)18-13(20)12(2)19-10-9-16-11-15(19)7-5-4-6-8-15/h12,16H,3-11H2,1-2H3,(H2,17,18,20,21). The molecule has 1 unspecified atom stereocenters. The molecule has 0 aromatic carbocycles. The molecule has 1 aliphatic carbocycles. The first-order valence-electron chi connectivity index (χ1n) is 8.15. The Kier molecular flexibility index (Phi) is 5.58. The molecule has 1 saturated heterocycles. The van der Waals surface area contributed by atoms with Gasteiger partial charge in [0.15, 0.2) is 0 Å². The van der Waals surface area contributed by atoms with E-state index in [0.29, 0.717) is 6.54 Å². The Bertz CT molecular complexity index is 372. The van der Waals surface area contributed by atoms with Gasteiger partial charge in [0, 0.05) is 31.7 Å². The van der Waals surface area contributed by atoms with Crippen LogP contribution in [0.4, 0.5) is 4.79 Å². The lowest BCUT2D eigenvalue weighted by Gasteiger charge is -2.51. The van der Waals surface area contributed by atoms with Crippen LogP contribution in [0, 0.1) is 0 Å². The van der Waals surface area contributed by atoms with Crippen molar-refractivity contribution in [3.8, 4) is 0 Å². The maximum absolute atomic E-state index is 12.3. The second-order valence-electron chi connectivity index (χ2n) is 6.18. The number of hydrogen-bond donors (Lipinski definition) is 3. The molecule has 2 fully saturated rings.